The number of hydrogen-bond donors (Lipinski definition) is 0. The Morgan fingerprint density at radius 2 is 1.75 bits per heavy atom. The van der Waals surface area contributed by atoms with Crippen molar-refractivity contribution in [3.05, 3.63) is 47.4 Å². The van der Waals surface area contributed by atoms with Crippen LogP contribution in [0.2, 0.25) is 0 Å². The van der Waals surface area contributed by atoms with E-state index in [2.05, 4.69) is 9.97 Å². The highest BCUT2D eigenvalue weighted by Crippen LogP contribution is 2.23. The number of halogens is 2. The highest BCUT2D eigenvalue weighted by Gasteiger charge is 2.11. The molecular formula is C12H10F2N2. The highest BCUT2D eigenvalue weighted by atomic mass is 19.1. The number of hydrogen-bond acceptors (Lipinski definition) is 2. The molecule has 0 saturated carbocycles. The first-order valence-corrected chi connectivity index (χ1v) is 4.82. The number of aryl methyl sites for hydroxylation is 2. The molecular weight excluding hydrogens is 210 g/mol. The second kappa shape index (κ2) is 3.96. The second-order valence-electron chi connectivity index (χ2n) is 3.63. The Morgan fingerprint density at radius 3 is 2.44 bits per heavy atom. The van der Waals surface area contributed by atoms with E-state index in [4.69, 9.17) is 0 Å². The number of aromatic nitrogens is 2. The van der Waals surface area contributed by atoms with Gasteiger partial charge in [-0.3, -0.25) is 9.97 Å². The van der Waals surface area contributed by atoms with Gasteiger partial charge in [0.2, 0.25) is 0 Å². The van der Waals surface area contributed by atoms with Gasteiger partial charge in [-0.2, -0.15) is 0 Å². The van der Waals surface area contributed by atoms with Crippen LogP contribution < -0.4 is 0 Å². The summed E-state index contributed by atoms with van der Waals surface area (Å²) in [6.45, 7) is 3.44. The van der Waals surface area contributed by atoms with Crippen molar-refractivity contribution in [3.63, 3.8) is 0 Å². The molecule has 0 N–H and O–H groups in total. The van der Waals surface area contributed by atoms with Gasteiger partial charge in [-0.1, -0.05) is 0 Å². The van der Waals surface area contributed by atoms with E-state index in [-0.39, 0.29) is 5.69 Å². The maximum Gasteiger partial charge on any atom is 0.149 e. The second-order valence-corrected chi connectivity index (χ2v) is 3.63. The van der Waals surface area contributed by atoms with E-state index in [1.54, 1.807) is 20.0 Å². The molecule has 4 heteroatoms. The van der Waals surface area contributed by atoms with Gasteiger partial charge >= 0.3 is 0 Å². The molecule has 0 fully saturated rings. The lowest BCUT2D eigenvalue weighted by molar-refractivity contribution is 0.615. The van der Waals surface area contributed by atoms with Crippen molar-refractivity contribution in [2.75, 3.05) is 0 Å². The summed E-state index contributed by atoms with van der Waals surface area (Å²) < 4.78 is 26.7. The van der Waals surface area contributed by atoms with E-state index in [1.165, 1.54) is 12.1 Å². The minimum atomic E-state index is -0.498. The zero-order valence-electron chi connectivity index (χ0n) is 8.96. The normalized spacial score (nSPS) is 10.5. The number of rotatable bonds is 1. The zero-order chi connectivity index (χ0) is 11.7. The quantitative estimate of drug-likeness (QED) is 0.738. The fourth-order valence-corrected chi connectivity index (χ4v) is 1.48. The molecule has 0 unspecified atom stereocenters. The third kappa shape index (κ3) is 1.91. The van der Waals surface area contributed by atoms with Crippen LogP contribution in [0.15, 0.2) is 24.5 Å². The third-order valence-electron chi connectivity index (χ3n) is 2.29. The van der Waals surface area contributed by atoms with Gasteiger partial charge in [-0.05, 0) is 31.5 Å². The van der Waals surface area contributed by atoms with E-state index in [0.29, 0.717) is 11.3 Å². The van der Waals surface area contributed by atoms with Gasteiger partial charge in [-0.25, -0.2) is 8.78 Å². The van der Waals surface area contributed by atoms with Gasteiger partial charge in [0.1, 0.15) is 17.3 Å². The Kier molecular flexibility index (Phi) is 2.64. The lowest BCUT2D eigenvalue weighted by atomic mass is 10.1. The van der Waals surface area contributed by atoms with Crippen molar-refractivity contribution in [1.82, 2.24) is 9.97 Å². The summed E-state index contributed by atoms with van der Waals surface area (Å²) in [5.74, 6) is -0.960. The molecule has 0 spiro atoms. The maximum atomic E-state index is 13.6. The topological polar surface area (TPSA) is 25.8 Å². The summed E-state index contributed by atoms with van der Waals surface area (Å²) in [4.78, 5) is 7.81. The predicted molar refractivity (Wildman–Crippen MR) is 56.9 cm³/mol. The van der Waals surface area contributed by atoms with Crippen molar-refractivity contribution in [2.45, 2.75) is 13.8 Å². The molecule has 0 atom stereocenters. The average molecular weight is 220 g/mol. The molecule has 16 heavy (non-hydrogen) atoms. The van der Waals surface area contributed by atoms with Gasteiger partial charge in [0.15, 0.2) is 0 Å². The molecule has 0 saturated heterocycles. The van der Waals surface area contributed by atoms with Gasteiger partial charge in [0, 0.05) is 17.5 Å². The molecule has 0 aliphatic rings. The molecule has 82 valence electrons. The Bertz CT molecular complexity index is 539. The highest BCUT2D eigenvalue weighted by molar-refractivity contribution is 5.62. The Balaban J connectivity index is 2.62. The molecule has 0 aromatic carbocycles. The van der Waals surface area contributed by atoms with Gasteiger partial charge in [0.25, 0.3) is 0 Å². The smallest absolute Gasteiger partial charge is 0.149 e. The lowest BCUT2D eigenvalue weighted by Crippen LogP contribution is -1.95. The van der Waals surface area contributed by atoms with Gasteiger partial charge in [0.05, 0.1) is 6.20 Å². The summed E-state index contributed by atoms with van der Waals surface area (Å²) in [6, 6.07) is 2.61. The molecule has 0 bridgehead atoms. The van der Waals surface area contributed by atoms with Crippen molar-refractivity contribution >= 4 is 0 Å². The summed E-state index contributed by atoms with van der Waals surface area (Å²) in [5.41, 5.74) is 1.80. The minimum absolute atomic E-state index is 0.134. The molecule has 2 aromatic rings. The first-order valence-electron chi connectivity index (χ1n) is 4.82. The van der Waals surface area contributed by atoms with E-state index in [0.717, 1.165) is 11.8 Å². The number of pyridine rings is 2. The van der Waals surface area contributed by atoms with E-state index >= 15 is 0 Å². The Hall–Kier alpha value is -1.84. The molecule has 0 amide bonds. The summed E-state index contributed by atoms with van der Waals surface area (Å²) >= 11 is 0. The van der Waals surface area contributed by atoms with Crippen LogP contribution in [0, 0.1) is 25.5 Å². The van der Waals surface area contributed by atoms with Crippen molar-refractivity contribution < 1.29 is 8.78 Å². The van der Waals surface area contributed by atoms with Crippen LogP contribution in [-0.4, -0.2) is 9.97 Å². The van der Waals surface area contributed by atoms with Crippen LogP contribution >= 0.6 is 0 Å². The molecule has 2 aromatic heterocycles. The van der Waals surface area contributed by atoms with Crippen LogP contribution in [-0.2, 0) is 0 Å². The standard InChI is InChI=1S/C12H10F2N2/c1-7-3-11(14)12(16-5-7)10-4-9(13)6-15-8(10)2/h3-6H,1-2H3. The predicted octanol–water partition coefficient (Wildman–Crippen LogP) is 3.04. The largest absolute Gasteiger partial charge is 0.258 e. The van der Waals surface area contributed by atoms with Crippen LogP contribution in [0.1, 0.15) is 11.3 Å². The molecule has 2 rings (SSSR count). The van der Waals surface area contributed by atoms with Gasteiger partial charge in [-0.15, -0.1) is 0 Å². The van der Waals surface area contributed by atoms with Crippen LogP contribution in [0.5, 0.6) is 0 Å². The fraction of sp³-hybridized carbons (Fsp3) is 0.167. The number of nitrogens with zero attached hydrogens (tertiary/aromatic N) is 2. The average Bonchev–Trinajstić information content (AvgIpc) is 2.22. The van der Waals surface area contributed by atoms with E-state index in [1.807, 2.05) is 0 Å². The van der Waals surface area contributed by atoms with Gasteiger partial charge < -0.3 is 0 Å². The Morgan fingerprint density at radius 1 is 1.00 bits per heavy atom. The molecule has 2 nitrogen and oxygen atoms in total. The van der Waals surface area contributed by atoms with Crippen LogP contribution in [0.25, 0.3) is 11.3 Å². The van der Waals surface area contributed by atoms with E-state index in [9.17, 15) is 8.78 Å². The third-order valence-corrected chi connectivity index (χ3v) is 2.29. The van der Waals surface area contributed by atoms with Crippen LogP contribution in [0.3, 0.4) is 0 Å². The molecule has 0 radical (unpaired) electrons. The molecule has 0 aliphatic carbocycles. The summed E-state index contributed by atoms with van der Waals surface area (Å²) in [7, 11) is 0. The monoisotopic (exact) mass is 220 g/mol. The minimum Gasteiger partial charge on any atom is -0.258 e. The molecule has 0 aliphatic heterocycles. The van der Waals surface area contributed by atoms with Crippen molar-refractivity contribution in [1.29, 1.82) is 0 Å². The zero-order valence-corrected chi connectivity index (χ0v) is 8.96. The first kappa shape index (κ1) is 10.7. The van der Waals surface area contributed by atoms with Crippen molar-refractivity contribution in [3.8, 4) is 11.3 Å². The lowest BCUT2D eigenvalue weighted by Gasteiger charge is -2.06. The van der Waals surface area contributed by atoms with Crippen LogP contribution in [0.4, 0.5) is 8.78 Å². The van der Waals surface area contributed by atoms with E-state index < -0.39 is 11.6 Å². The molecule has 2 heterocycles. The fourth-order valence-electron chi connectivity index (χ4n) is 1.48. The maximum absolute atomic E-state index is 13.6. The first-order chi connectivity index (χ1) is 7.58. The summed E-state index contributed by atoms with van der Waals surface area (Å²) in [6.07, 6.45) is 2.65. The van der Waals surface area contributed by atoms with Crippen molar-refractivity contribution in [2.24, 2.45) is 0 Å². The Labute approximate surface area is 92.0 Å². The summed E-state index contributed by atoms with van der Waals surface area (Å²) in [5, 5.41) is 0. The SMILES string of the molecule is Cc1cnc(-c2cc(F)cnc2C)c(F)c1.